The van der Waals surface area contributed by atoms with Crippen LogP contribution in [-0.2, 0) is 14.3 Å². The number of nitrogens with one attached hydrogen (secondary N) is 1. The van der Waals surface area contributed by atoms with E-state index < -0.39 is 0 Å². The summed E-state index contributed by atoms with van der Waals surface area (Å²) in [4.78, 5) is 11.5. The Morgan fingerprint density at radius 3 is 3.00 bits per heavy atom. The highest BCUT2D eigenvalue weighted by molar-refractivity contribution is 5.73. The Morgan fingerprint density at radius 2 is 2.36 bits per heavy atom. The first-order valence-corrected chi connectivity index (χ1v) is 5.19. The number of hydrogen-bond donors (Lipinski definition) is 1. The average Bonchev–Trinajstić information content (AvgIpc) is 2.85. The molecule has 0 aromatic heterocycles. The Hall–Kier alpha value is -0.610. The van der Waals surface area contributed by atoms with Gasteiger partial charge in [0.1, 0.15) is 0 Å². The fourth-order valence-electron chi connectivity index (χ4n) is 2.49. The smallest absolute Gasteiger partial charge is 0.310 e. The lowest BCUT2D eigenvalue weighted by Crippen LogP contribution is -2.29. The van der Waals surface area contributed by atoms with Crippen LogP contribution in [-0.4, -0.2) is 39.4 Å². The monoisotopic (exact) mass is 199 g/mol. The van der Waals surface area contributed by atoms with Crippen molar-refractivity contribution in [2.24, 2.45) is 17.8 Å². The highest BCUT2D eigenvalue weighted by Gasteiger charge is 2.39. The van der Waals surface area contributed by atoms with Crippen LogP contribution in [0, 0.1) is 17.8 Å². The number of hydrogen-bond acceptors (Lipinski definition) is 4. The maximum Gasteiger partial charge on any atom is 0.310 e. The first-order valence-electron chi connectivity index (χ1n) is 5.19. The minimum atomic E-state index is -0.0769. The van der Waals surface area contributed by atoms with Crippen molar-refractivity contribution in [3.8, 4) is 0 Å². The number of carbonyl (C=O) groups excluding carboxylic acids is 1. The molecule has 4 heteroatoms. The summed E-state index contributed by atoms with van der Waals surface area (Å²) in [5.74, 6) is 0.901. The molecule has 3 atom stereocenters. The highest BCUT2D eigenvalue weighted by Crippen LogP contribution is 2.31. The molecule has 2 fully saturated rings. The standard InChI is InChI=1S/C10H17NO3/c1-13-10(12)9-5-11-4-8(9)7-2-3-14-6-7/h7-9,11H,2-6H2,1H3. The molecule has 2 saturated heterocycles. The van der Waals surface area contributed by atoms with Gasteiger partial charge in [-0.2, -0.15) is 0 Å². The summed E-state index contributed by atoms with van der Waals surface area (Å²) in [5, 5.41) is 3.26. The molecule has 2 aliphatic heterocycles. The van der Waals surface area contributed by atoms with Crippen molar-refractivity contribution in [2.45, 2.75) is 6.42 Å². The van der Waals surface area contributed by atoms with E-state index in [0.717, 1.165) is 32.7 Å². The normalized spacial score (nSPS) is 37.4. The molecule has 0 spiro atoms. The number of methoxy groups -OCH3 is 1. The molecule has 0 aliphatic carbocycles. The largest absolute Gasteiger partial charge is 0.469 e. The highest BCUT2D eigenvalue weighted by atomic mass is 16.5. The molecule has 4 nitrogen and oxygen atoms in total. The Morgan fingerprint density at radius 1 is 1.50 bits per heavy atom. The van der Waals surface area contributed by atoms with Crippen LogP contribution < -0.4 is 5.32 Å². The fourth-order valence-corrected chi connectivity index (χ4v) is 2.49. The third kappa shape index (κ3) is 1.77. The van der Waals surface area contributed by atoms with Crippen molar-refractivity contribution in [3.05, 3.63) is 0 Å². The van der Waals surface area contributed by atoms with Crippen LogP contribution in [0.5, 0.6) is 0 Å². The van der Waals surface area contributed by atoms with Crippen LogP contribution in [0.1, 0.15) is 6.42 Å². The molecule has 0 saturated carbocycles. The average molecular weight is 199 g/mol. The molecule has 2 heterocycles. The van der Waals surface area contributed by atoms with Gasteiger partial charge in [0, 0.05) is 19.8 Å². The van der Waals surface area contributed by atoms with Gasteiger partial charge in [-0.05, 0) is 24.8 Å². The minimum absolute atomic E-state index is 0.0340. The first-order chi connectivity index (χ1) is 6.83. The topological polar surface area (TPSA) is 47.6 Å². The second kappa shape index (κ2) is 4.28. The van der Waals surface area contributed by atoms with E-state index in [4.69, 9.17) is 9.47 Å². The molecule has 0 bridgehead atoms. The summed E-state index contributed by atoms with van der Waals surface area (Å²) in [6, 6.07) is 0. The molecule has 0 aromatic carbocycles. The van der Waals surface area contributed by atoms with Crippen LogP contribution in [0.4, 0.5) is 0 Å². The van der Waals surface area contributed by atoms with Gasteiger partial charge in [-0.15, -0.1) is 0 Å². The molecule has 2 rings (SSSR count). The predicted octanol–water partition coefficient (Wildman–Crippen LogP) is 0.0315. The van der Waals surface area contributed by atoms with Gasteiger partial charge in [0.2, 0.25) is 0 Å². The lowest BCUT2D eigenvalue weighted by molar-refractivity contribution is -0.146. The fraction of sp³-hybridized carbons (Fsp3) is 0.900. The van der Waals surface area contributed by atoms with Crippen LogP contribution in [0.3, 0.4) is 0 Å². The van der Waals surface area contributed by atoms with E-state index in [-0.39, 0.29) is 11.9 Å². The van der Waals surface area contributed by atoms with Crippen molar-refractivity contribution in [1.29, 1.82) is 0 Å². The van der Waals surface area contributed by atoms with Gasteiger partial charge in [-0.1, -0.05) is 0 Å². The number of carbonyl (C=O) groups is 1. The van der Waals surface area contributed by atoms with Gasteiger partial charge >= 0.3 is 5.97 Å². The van der Waals surface area contributed by atoms with Crippen molar-refractivity contribution in [1.82, 2.24) is 5.32 Å². The Labute approximate surface area is 84.0 Å². The number of esters is 1. The summed E-state index contributed by atoms with van der Waals surface area (Å²) in [6.45, 7) is 3.33. The third-order valence-electron chi connectivity index (χ3n) is 3.34. The Bertz CT molecular complexity index is 213. The van der Waals surface area contributed by atoms with Crippen LogP contribution in [0.25, 0.3) is 0 Å². The summed E-state index contributed by atoms with van der Waals surface area (Å²) in [5.41, 5.74) is 0. The van der Waals surface area contributed by atoms with E-state index in [9.17, 15) is 4.79 Å². The first kappa shape index (κ1) is 9.93. The molecule has 0 aromatic rings. The predicted molar refractivity (Wildman–Crippen MR) is 50.8 cm³/mol. The second-order valence-electron chi connectivity index (χ2n) is 4.08. The van der Waals surface area contributed by atoms with Gasteiger partial charge in [-0.3, -0.25) is 4.79 Å². The van der Waals surface area contributed by atoms with E-state index in [2.05, 4.69) is 5.32 Å². The quantitative estimate of drug-likeness (QED) is 0.637. The van der Waals surface area contributed by atoms with Crippen LogP contribution >= 0.6 is 0 Å². The van der Waals surface area contributed by atoms with E-state index >= 15 is 0 Å². The number of rotatable bonds is 2. The molecule has 0 amide bonds. The molecule has 3 unspecified atom stereocenters. The van der Waals surface area contributed by atoms with Crippen molar-refractivity contribution in [3.63, 3.8) is 0 Å². The zero-order valence-corrected chi connectivity index (χ0v) is 8.49. The zero-order valence-electron chi connectivity index (χ0n) is 8.49. The van der Waals surface area contributed by atoms with E-state index in [1.807, 2.05) is 0 Å². The Balaban J connectivity index is 1.98. The minimum Gasteiger partial charge on any atom is -0.469 e. The third-order valence-corrected chi connectivity index (χ3v) is 3.34. The van der Waals surface area contributed by atoms with Crippen molar-refractivity contribution >= 4 is 5.97 Å². The molecular formula is C10H17NO3. The summed E-state index contributed by atoms with van der Waals surface area (Å²) < 4.78 is 10.2. The van der Waals surface area contributed by atoms with Crippen LogP contribution in [0.15, 0.2) is 0 Å². The summed E-state index contributed by atoms with van der Waals surface area (Å²) >= 11 is 0. The maximum absolute atomic E-state index is 11.5. The van der Waals surface area contributed by atoms with Gasteiger partial charge in [-0.25, -0.2) is 0 Å². The van der Waals surface area contributed by atoms with E-state index in [1.54, 1.807) is 0 Å². The molecule has 80 valence electrons. The van der Waals surface area contributed by atoms with Gasteiger partial charge in [0.25, 0.3) is 0 Å². The summed E-state index contributed by atoms with van der Waals surface area (Å²) in [7, 11) is 1.46. The van der Waals surface area contributed by atoms with E-state index in [1.165, 1.54) is 7.11 Å². The lowest BCUT2D eigenvalue weighted by atomic mass is 9.83. The molecule has 2 aliphatic rings. The Kier molecular flexibility index (Phi) is 3.03. The van der Waals surface area contributed by atoms with Gasteiger partial charge in [0.05, 0.1) is 13.0 Å². The maximum atomic E-state index is 11.5. The van der Waals surface area contributed by atoms with Gasteiger partial charge < -0.3 is 14.8 Å². The molecule has 14 heavy (non-hydrogen) atoms. The second-order valence-corrected chi connectivity index (χ2v) is 4.08. The van der Waals surface area contributed by atoms with Gasteiger partial charge in [0.15, 0.2) is 0 Å². The van der Waals surface area contributed by atoms with Crippen molar-refractivity contribution in [2.75, 3.05) is 33.4 Å². The number of ether oxygens (including phenoxy) is 2. The SMILES string of the molecule is COC(=O)C1CNCC1C1CCOC1. The van der Waals surface area contributed by atoms with Crippen LogP contribution in [0.2, 0.25) is 0 Å². The van der Waals surface area contributed by atoms with E-state index in [0.29, 0.717) is 11.8 Å². The zero-order chi connectivity index (χ0) is 9.97. The molecule has 0 radical (unpaired) electrons. The molecular weight excluding hydrogens is 182 g/mol. The lowest BCUT2D eigenvalue weighted by Gasteiger charge is -2.21. The van der Waals surface area contributed by atoms with Crippen molar-refractivity contribution < 1.29 is 14.3 Å². The summed E-state index contributed by atoms with van der Waals surface area (Å²) in [6.07, 6.45) is 1.08. The molecule has 1 N–H and O–H groups in total.